The fourth-order valence-corrected chi connectivity index (χ4v) is 8.64. The summed E-state index contributed by atoms with van der Waals surface area (Å²) in [6, 6.07) is 2.22. The van der Waals surface area contributed by atoms with Crippen LogP contribution in [0.25, 0.3) is 0 Å². The number of nitrogens with zero attached hydrogens (tertiary/aromatic N) is 1. The van der Waals surface area contributed by atoms with Crippen LogP contribution in [-0.2, 0) is 11.3 Å². The van der Waals surface area contributed by atoms with E-state index in [2.05, 4.69) is 45.7 Å². The van der Waals surface area contributed by atoms with Crippen LogP contribution in [0.3, 0.4) is 0 Å². The molecule has 1 aromatic rings. The van der Waals surface area contributed by atoms with E-state index in [0.29, 0.717) is 9.98 Å². The molecule has 0 saturated carbocycles. The van der Waals surface area contributed by atoms with Crippen molar-refractivity contribution in [1.82, 2.24) is 10.3 Å². The molecular formula is C23H38N2OSn. The van der Waals surface area contributed by atoms with Crippen LogP contribution in [0, 0.1) is 6.92 Å². The fourth-order valence-electron chi connectivity index (χ4n) is 3.48. The molecule has 1 aromatic heterocycles. The Morgan fingerprint density at radius 2 is 1.70 bits per heavy atom. The second-order valence-corrected chi connectivity index (χ2v) is 12.7. The summed E-state index contributed by atoms with van der Waals surface area (Å²) < 4.78 is 1.96. The molecule has 0 fully saturated rings. The van der Waals surface area contributed by atoms with Crippen LogP contribution in [0.15, 0.2) is 24.9 Å². The van der Waals surface area contributed by atoms with E-state index in [9.17, 15) is 4.79 Å². The number of hydrogen-bond acceptors (Lipinski definition) is 2. The van der Waals surface area contributed by atoms with Gasteiger partial charge in [0.2, 0.25) is 0 Å². The Morgan fingerprint density at radius 3 is 2.15 bits per heavy atom. The van der Waals surface area contributed by atoms with E-state index in [1.54, 1.807) is 0 Å². The predicted molar refractivity (Wildman–Crippen MR) is 118 cm³/mol. The second kappa shape index (κ2) is 13.4. The molecule has 3 nitrogen and oxygen atoms in total. The summed E-state index contributed by atoms with van der Waals surface area (Å²) in [6.07, 6.45) is 15.3. The summed E-state index contributed by atoms with van der Waals surface area (Å²) >= 11 is -0.804. The first-order chi connectivity index (χ1) is 13.0. The standard InChI is InChI=1S/C13H27.C10H11N2O.Sn/c1-4-7-10-13(11-8-5-2)12-9-6-3;1-3-10(13)12-7-9-4-8(2)5-11-6-9;/h4-12H2,1-3H3;3-4,6H,1,7H2,2H3,(H,12,13);. The summed E-state index contributed by atoms with van der Waals surface area (Å²) in [7, 11) is 0. The predicted octanol–water partition coefficient (Wildman–Crippen LogP) is 5.25. The van der Waals surface area contributed by atoms with Crippen molar-refractivity contribution in [1.29, 1.82) is 0 Å². The maximum absolute atomic E-state index is 11.4. The summed E-state index contributed by atoms with van der Waals surface area (Å²) in [4.78, 5) is 16.3. The molecular weight excluding hydrogens is 439 g/mol. The Kier molecular flexibility index (Phi) is 12.0. The molecule has 1 heterocycles. The van der Waals surface area contributed by atoms with E-state index in [1.807, 2.05) is 6.20 Å². The second-order valence-electron chi connectivity index (χ2n) is 7.65. The Balaban J connectivity index is 2.96. The monoisotopic (exact) mass is 478 g/mol. The minimum atomic E-state index is -0.804. The van der Waals surface area contributed by atoms with Gasteiger partial charge in [0.25, 0.3) is 0 Å². The van der Waals surface area contributed by atoms with Crippen molar-refractivity contribution in [3.8, 4) is 0 Å². The number of carbonyl (C=O) groups excluding carboxylic acids is 1. The van der Waals surface area contributed by atoms with E-state index in [4.69, 9.17) is 4.98 Å². The first-order valence-corrected chi connectivity index (χ1v) is 13.5. The van der Waals surface area contributed by atoms with Crippen LogP contribution in [0.1, 0.15) is 89.7 Å². The topological polar surface area (TPSA) is 42.0 Å². The van der Waals surface area contributed by atoms with Gasteiger partial charge in [0.15, 0.2) is 0 Å². The summed E-state index contributed by atoms with van der Waals surface area (Å²) in [6.45, 7) is 13.2. The van der Waals surface area contributed by atoms with Gasteiger partial charge in [-0.05, 0) is 0 Å². The van der Waals surface area contributed by atoms with Gasteiger partial charge < -0.3 is 0 Å². The maximum atomic E-state index is 11.4. The molecule has 4 heteroatoms. The first kappa shape index (κ1) is 24.2. The van der Waals surface area contributed by atoms with Crippen LogP contribution in [0.4, 0.5) is 0 Å². The third kappa shape index (κ3) is 8.80. The zero-order valence-corrected chi connectivity index (χ0v) is 20.7. The minimum absolute atomic E-state index is 0.133. The normalized spacial score (nSPS) is 11.4. The number of unbranched alkanes of at least 4 members (excludes halogenated alkanes) is 3. The van der Waals surface area contributed by atoms with Gasteiger partial charge in [0.1, 0.15) is 0 Å². The third-order valence-electron chi connectivity index (χ3n) is 5.20. The molecule has 0 bridgehead atoms. The van der Waals surface area contributed by atoms with Gasteiger partial charge in [-0.25, -0.2) is 0 Å². The van der Waals surface area contributed by atoms with Crippen molar-refractivity contribution in [3.63, 3.8) is 0 Å². The number of hydrogen-bond donors (Lipinski definition) is 1. The quantitative estimate of drug-likeness (QED) is 0.294. The Labute approximate surface area is 177 Å². The van der Waals surface area contributed by atoms with Gasteiger partial charge in [0.05, 0.1) is 0 Å². The number of nitrogens with one attached hydrogen (secondary N) is 1. The number of rotatable bonds is 14. The van der Waals surface area contributed by atoms with E-state index in [-0.39, 0.29) is 5.91 Å². The van der Waals surface area contributed by atoms with Crippen LogP contribution in [0.2, 0.25) is 3.43 Å². The van der Waals surface area contributed by atoms with Crippen molar-refractivity contribution in [3.05, 3.63) is 36.0 Å². The first-order valence-electron chi connectivity index (χ1n) is 10.6. The van der Waals surface area contributed by atoms with Gasteiger partial charge in [-0.15, -0.1) is 0 Å². The summed E-state index contributed by atoms with van der Waals surface area (Å²) in [5, 5.41) is 2.84. The van der Waals surface area contributed by atoms with E-state index in [0.717, 1.165) is 5.56 Å². The third-order valence-corrected chi connectivity index (χ3v) is 11.0. The molecule has 0 aliphatic rings. The van der Waals surface area contributed by atoms with Crippen molar-refractivity contribution < 1.29 is 4.79 Å². The number of aromatic nitrogens is 1. The van der Waals surface area contributed by atoms with Crippen molar-refractivity contribution in [2.75, 3.05) is 0 Å². The molecule has 0 aliphatic heterocycles. The fraction of sp³-hybridized carbons (Fsp3) is 0.652. The van der Waals surface area contributed by atoms with Crippen LogP contribution in [0.5, 0.6) is 0 Å². The zero-order valence-electron chi connectivity index (χ0n) is 17.9. The summed E-state index contributed by atoms with van der Waals surface area (Å²) in [5.74, 6) is -0.133. The molecule has 1 rings (SSSR count). The molecule has 1 N–H and O–H groups in total. The molecule has 0 aromatic carbocycles. The molecule has 0 unspecified atom stereocenters. The molecule has 0 atom stereocenters. The average molecular weight is 477 g/mol. The number of carbonyl (C=O) groups is 1. The van der Waals surface area contributed by atoms with Crippen LogP contribution >= 0.6 is 0 Å². The van der Waals surface area contributed by atoms with Gasteiger partial charge >= 0.3 is 177 Å². The Hall–Kier alpha value is -0.841. The SMILES string of the molecule is C=CC(=O)NCc1cn[c]([Sn][C](CCCC)(CCCC)CCCC)c(C)c1. The number of pyridine rings is 1. The van der Waals surface area contributed by atoms with Crippen molar-refractivity contribution in [2.45, 2.75) is 95.5 Å². The van der Waals surface area contributed by atoms with E-state index >= 15 is 0 Å². The molecule has 0 spiro atoms. The van der Waals surface area contributed by atoms with Crippen LogP contribution < -0.4 is 9.03 Å². The van der Waals surface area contributed by atoms with Gasteiger partial charge in [-0.2, -0.15) is 0 Å². The Morgan fingerprint density at radius 1 is 1.15 bits per heavy atom. The van der Waals surface area contributed by atoms with E-state index in [1.165, 1.54) is 73.1 Å². The molecule has 27 heavy (non-hydrogen) atoms. The van der Waals surface area contributed by atoms with Gasteiger partial charge in [0, 0.05) is 0 Å². The van der Waals surface area contributed by atoms with Crippen LogP contribution in [-0.4, -0.2) is 32.0 Å². The van der Waals surface area contributed by atoms with Crippen molar-refractivity contribution >= 4 is 30.8 Å². The molecule has 0 aliphatic carbocycles. The zero-order chi connectivity index (χ0) is 20.1. The van der Waals surface area contributed by atoms with E-state index < -0.39 is 21.1 Å². The van der Waals surface area contributed by atoms with Gasteiger partial charge in [-0.3, -0.25) is 0 Å². The molecule has 0 saturated heterocycles. The van der Waals surface area contributed by atoms with Crippen molar-refractivity contribution in [2.24, 2.45) is 0 Å². The van der Waals surface area contributed by atoms with Gasteiger partial charge in [-0.1, -0.05) is 0 Å². The summed E-state index contributed by atoms with van der Waals surface area (Å²) in [5.41, 5.74) is 2.40. The average Bonchev–Trinajstić information content (AvgIpc) is 2.68. The molecule has 2 radical (unpaired) electrons. The molecule has 150 valence electrons. The number of aryl methyl sites for hydroxylation is 1. The molecule has 1 amide bonds. The Bertz CT molecular complexity index is 564. The number of amides is 1.